The van der Waals surface area contributed by atoms with Crippen molar-refractivity contribution in [2.24, 2.45) is 0 Å². The van der Waals surface area contributed by atoms with E-state index in [1.54, 1.807) is 30.5 Å². The molecule has 0 saturated carbocycles. The average Bonchev–Trinajstić information content (AvgIpc) is 2.67. The summed E-state index contributed by atoms with van der Waals surface area (Å²) in [4.78, 5) is 4.56. The SMILES string of the molecule is CCCCc1ccc(C(O)(c2ccc(Cl)cc2)c2ccc(Cl)cc2)cn1. The summed E-state index contributed by atoms with van der Waals surface area (Å²) in [6, 6.07) is 18.4. The van der Waals surface area contributed by atoms with Gasteiger partial charge >= 0.3 is 0 Å². The molecule has 1 N–H and O–H groups in total. The number of benzene rings is 2. The van der Waals surface area contributed by atoms with Crippen LogP contribution in [0, 0.1) is 0 Å². The van der Waals surface area contributed by atoms with Crippen molar-refractivity contribution in [2.45, 2.75) is 31.8 Å². The average molecular weight is 386 g/mol. The Labute approximate surface area is 164 Å². The second kappa shape index (κ2) is 8.22. The lowest BCUT2D eigenvalue weighted by Gasteiger charge is -2.30. The van der Waals surface area contributed by atoms with Crippen LogP contribution in [-0.2, 0) is 12.0 Å². The highest BCUT2D eigenvalue weighted by Crippen LogP contribution is 2.37. The lowest BCUT2D eigenvalue weighted by atomic mass is 9.81. The molecule has 0 aliphatic heterocycles. The third-order valence-electron chi connectivity index (χ3n) is 4.55. The lowest BCUT2D eigenvalue weighted by Crippen LogP contribution is -2.29. The van der Waals surface area contributed by atoms with E-state index in [4.69, 9.17) is 23.2 Å². The van der Waals surface area contributed by atoms with E-state index >= 15 is 0 Å². The number of nitrogens with zero attached hydrogens (tertiary/aromatic N) is 1. The lowest BCUT2D eigenvalue weighted by molar-refractivity contribution is 0.125. The highest BCUT2D eigenvalue weighted by molar-refractivity contribution is 6.30. The molecule has 0 amide bonds. The molecule has 0 bridgehead atoms. The molecule has 1 heterocycles. The van der Waals surface area contributed by atoms with Gasteiger partial charge in [-0.05, 0) is 54.3 Å². The summed E-state index contributed by atoms with van der Waals surface area (Å²) in [5, 5.41) is 13.0. The number of aryl methyl sites for hydroxylation is 1. The molecule has 4 heteroatoms. The summed E-state index contributed by atoms with van der Waals surface area (Å²) in [6.45, 7) is 2.16. The monoisotopic (exact) mass is 385 g/mol. The smallest absolute Gasteiger partial charge is 0.142 e. The number of hydrogen-bond acceptors (Lipinski definition) is 2. The maximum absolute atomic E-state index is 11.7. The molecule has 0 atom stereocenters. The Bertz CT molecular complexity index is 797. The minimum Gasteiger partial charge on any atom is -0.376 e. The van der Waals surface area contributed by atoms with Gasteiger partial charge in [-0.3, -0.25) is 4.98 Å². The van der Waals surface area contributed by atoms with Gasteiger partial charge in [0.05, 0.1) is 0 Å². The minimum absolute atomic E-state index is 0.625. The minimum atomic E-state index is -1.33. The van der Waals surface area contributed by atoms with Gasteiger partial charge in [-0.15, -0.1) is 0 Å². The molecule has 3 aromatic rings. The van der Waals surface area contributed by atoms with E-state index in [1.165, 1.54) is 0 Å². The molecule has 0 aliphatic rings. The molecule has 134 valence electrons. The van der Waals surface area contributed by atoms with Gasteiger partial charge in [0, 0.05) is 27.5 Å². The number of unbranched alkanes of at least 4 members (excludes halogenated alkanes) is 1. The molecule has 0 radical (unpaired) electrons. The van der Waals surface area contributed by atoms with Crippen LogP contribution in [0.2, 0.25) is 10.0 Å². The van der Waals surface area contributed by atoms with Crippen molar-refractivity contribution in [2.75, 3.05) is 0 Å². The second-order valence-corrected chi connectivity index (χ2v) is 7.24. The maximum Gasteiger partial charge on any atom is 0.142 e. The predicted molar refractivity (Wildman–Crippen MR) is 108 cm³/mol. The summed E-state index contributed by atoms with van der Waals surface area (Å²) in [5.41, 5.74) is 1.87. The van der Waals surface area contributed by atoms with Crippen LogP contribution in [0.1, 0.15) is 42.1 Å². The van der Waals surface area contributed by atoms with Gasteiger partial charge in [-0.1, -0.05) is 66.9 Å². The van der Waals surface area contributed by atoms with E-state index in [0.29, 0.717) is 15.6 Å². The normalized spacial score (nSPS) is 11.5. The molecule has 2 nitrogen and oxygen atoms in total. The Morgan fingerprint density at radius 2 is 1.31 bits per heavy atom. The number of halogens is 2. The zero-order valence-electron chi connectivity index (χ0n) is 14.6. The summed E-state index contributed by atoms with van der Waals surface area (Å²) in [5.74, 6) is 0. The molecule has 0 saturated heterocycles. The largest absolute Gasteiger partial charge is 0.376 e. The van der Waals surface area contributed by atoms with Crippen molar-refractivity contribution in [3.8, 4) is 0 Å². The number of aromatic nitrogens is 1. The van der Waals surface area contributed by atoms with Crippen LogP contribution < -0.4 is 0 Å². The van der Waals surface area contributed by atoms with Gasteiger partial charge in [-0.25, -0.2) is 0 Å². The van der Waals surface area contributed by atoms with Gasteiger partial charge in [-0.2, -0.15) is 0 Å². The highest BCUT2D eigenvalue weighted by atomic mass is 35.5. The summed E-state index contributed by atoms with van der Waals surface area (Å²) in [7, 11) is 0. The fraction of sp³-hybridized carbons (Fsp3) is 0.227. The Balaban J connectivity index is 2.08. The van der Waals surface area contributed by atoms with Crippen molar-refractivity contribution < 1.29 is 5.11 Å². The quantitative estimate of drug-likeness (QED) is 0.562. The van der Waals surface area contributed by atoms with Gasteiger partial charge < -0.3 is 5.11 Å². The van der Waals surface area contributed by atoms with E-state index in [0.717, 1.165) is 36.1 Å². The van der Waals surface area contributed by atoms with Crippen molar-refractivity contribution in [1.29, 1.82) is 0 Å². The molecule has 3 rings (SSSR count). The molecular weight excluding hydrogens is 365 g/mol. The van der Waals surface area contributed by atoms with E-state index in [9.17, 15) is 5.11 Å². The van der Waals surface area contributed by atoms with E-state index < -0.39 is 5.60 Å². The molecule has 26 heavy (non-hydrogen) atoms. The molecule has 0 spiro atoms. The summed E-state index contributed by atoms with van der Waals surface area (Å²) < 4.78 is 0. The van der Waals surface area contributed by atoms with E-state index in [2.05, 4.69) is 11.9 Å². The van der Waals surface area contributed by atoms with E-state index in [1.807, 2.05) is 36.4 Å². The highest BCUT2D eigenvalue weighted by Gasteiger charge is 2.34. The van der Waals surface area contributed by atoms with Crippen molar-refractivity contribution in [1.82, 2.24) is 4.98 Å². The number of pyridine rings is 1. The third-order valence-corrected chi connectivity index (χ3v) is 5.06. The van der Waals surface area contributed by atoms with Crippen LogP contribution in [-0.4, -0.2) is 10.1 Å². The first-order valence-corrected chi connectivity index (χ1v) is 9.49. The van der Waals surface area contributed by atoms with Gasteiger partial charge in [0.15, 0.2) is 0 Å². The fourth-order valence-corrected chi connectivity index (χ4v) is 3.28. The number of aliphatic hydroxyl groups is 1. The van der Waals surface area contributed by atoms with Crippen molar-refractivity contribution in [3.63, 3.8) is 0 Å². The first-order valence-electron chi connectivity index (χ1n) is 8.74. The summed E-state index contributed by atoms with van der Waals surface area (Å²) >= 11 is 12.1. The topological polar surface area (TPSA) is 33.1 Å². The zero-order valence-corrected chi connectivity index (χ0v) is 16.1. The Hall–Kier alpha value is -1.87. The van der Waals surface area contributed by atoms with Gasteiger partial charge in [0.2, 0.25) is 0 Å². The Morgan fingerprint density at radius 1 is 0.808 bits per heavy atom. The standard InChI is InChI=1S/C22H21Cl2NO/c1-2-3-4-21-14-9-18(15-25-21)22(26,16-5-10-19(23)11-6-16)17-7-12-20(24)13-8-17/h5-15,26H,2-4H2,1H3. The Kier molecular flexibility index (Phi) is 5.98. The molecular formula is C22H21Cl2NO. The van der Waals surface area contributed by atoms with E-state index in [-0.39, 0.29) is 0 Å². The predicted octanol–water partition coefficient (Wildman–Crippen LogP) is 6.02. The van der Waals surface area contributed by atoms with Gasteiger partial charge in [0.1, 0.15) is 5.60 Å². The Morgan fingerprint density at radius 3 is 1.73 bits per heavy atom. The maximum atomic E-state index is 11.7. The molecule has 0 unspecified atom stereocenters. The van der Waals surface area contributed by atoms with Crippen molar-refractivity contribution >= 4 is 23.2 Å². The first kappa shape index (κ1) is 18.9. The van der Waals surface area contributed by atoms with Crippen LogP contribution in [0.3, 0.4) is 0 Å². The second-order valence-electron chi connectivity index (χ2n) is 6.37. The van der Waals surface area contributed by atoms with Crippen molar-refractivity contribution in [3.05, 3.63) is 99.3 Å². The molecule has 1 aromatic heterocycles. The van der Waals surface area contributed by atoms with Crippen LogP contribution >= 0.6 is 23.2 Å². The van der Waals surface area contributed by atoms with Crippen LogP contribution in [0.5, 0.6) is 0 Å². The molecule has 0 fully saturated rings. The first-order chi connectivity index (χ1) is 12.5. The zero-order chi connectivity index (χ0) is 18.6. The third kappa shape index (κ3) is 3.93. The fourth-order valence-electron chi connectivity index (χ4n) is 3.03. The van der Waals surface area contributed by atoms with Crippen LogP contribution in [0.4, 0.5) is 0 Å². The molecule has 2 aromatic carbocycles. The van der Waals surface area contributed by atoms with Crippen LogP contribution in [0.15, 0.2) is 66.9 Å². The molecule has 0 aliphatic carbocycles. The number of rotatable bonds is 6. The number of hydrogen-bond donors (Lipinski definition) is 1. The van der Waals surface area contributed by atoms with Crippen LogP contribution in [0.25, 0.3) is 0 Å². The van der Waals surface area contributed by atoms with Gasteiger partial charge in [0.25, 0.3) is 0 Å². The summed E-state index contributed by atoms with van der Waals surface area (Å²) in [6.07, 6.45) is 4.93.